The Labute approximate surface area is 121 Å². The van der Waals surface area contributed by atoms with Crippen molar-refractivity contribution in [3.8, 4) is 5.75 Å². The van der Waals surface area contributed by atoms with Crippen molar-refractivity contribution in [2.45, 2.75) is 17.6 Å². The zero-order chi connectivity index (χ0) is 17.5. The molecule has 0 N–H and O–H groups in total. The van der Waals surface area contributed by atoms with Crippen molar-refractivity contribution in [3.63, 3.8) is 0 Å². The Bertz CT molecular complexity index is 715. The van der Waals surface area contributed by atoms with Crippen LogP contribution in [0.2, 0.25) is 0 Å². The highest BCUT2D eigenvalue weighted by Gasteiger charge is 2.44. The van der Waals surface area contributed by atoms with Crippen LogP contribution in [0.4, 0.5) is 32.0 Å². The SMILES string of the molecule is O=[N+]([O-])c1cc(OC(F)(F)F)c(C(F)(F)F)nc1S(=O)(=O)Cl. The molecule has 0 fully saturated rings. The second-order valence-electron chi connectivity index (χ2n) is 3.40. The van der Waals surface area contributed by atoms with Gasteiger partial charge < -0.3 is 4.74 Å². The summed E-state index contributed by atoms with van der Waals surface area (Å²) < 4.78 is 99.0. The summed E-state index contributed by atoms with van der Waals surface area (Å²) in [6, 6.07) is -0.376. The number of hydrogen-bond donors (Lipinski definition) is 0. The molecule has 7 nitrogen and oxygen atoms in total. The minimum absolute atomic E-state index is 0.376. The van der Waals surface area contributed by atoms with Crippen LogP contribution in [0.3, 0.4) is 0 Å². The third kappa shape index (κ3) is 4.33. The molecule has 22 heavy (non-hydrogen) atoms. The van der Waals surface area contributed by atoms with E-state index in [0.29, 0.717) is 0 Å². The number of alkyl halides is 6. The second-order valence-corrected chi connectivity index (χ2v) is 5.88. The molecule has 0 aliphatic rings. The highest BCUT2D eigenvalue weighted by molar-refractivity contribution is 8.13. The molecule has 15 heteroatoms. The van der Waals surface area contributed by atoms with Crippen molar-refractivity contribution in [2.75, 3.05) is 0 Å². The molecule has 0 aliphatic heterocycles. The largest absolute Gasteiger partial charge is 0.573 e. The van der Waals surface area contributed by atoms with E-state index in [4.69, 9.17) is 10.7 Å². The maximum atomic E-state index is 12.6. The van der Waals surface area contributed by atoms with Crippen LogP contribution < -0.4 is 4.74 Å². The maximum absolute atomic E-state index is 12.6. The van der Waals surface area contributed by atoms with Crippen molar-refractivity contribution in [1.82, 2.24) is 4.98 Å². The van der Waals surface area contributed by atoms with Crippen LogP contribution in [0.15, 0.2) is 11.1 Å². The second kappa shape index (κ2) is 5.42. The lowest BCUT2D eigenvalue weighted by atomic mass is 10.3. The average molecular weight is 375 g/mol. The molecule has 1 aromatic rings. The van der Waals surface area contributed by atoms with Gasteiger partial charge in [-0.05, 0) is 0 Å². The van der Waals surface area contributed by atoms with E-state index in [1.54, 1.807) is 0 Å². The number of rotatable bonds is 3. The van der Waals surface area contributed by atoms with Crippen molar-refractivity contribution in [3.05, 3.63) is 21.9 Å². The lowest BCUT2D eigenvalue weighted by molar-refractivity contribution is -0.388. The number of ether oxygens (including phenoxy) is 1. The molecule has 0 spiro atoms. The summed E-state index contributed by atoms with van der Waals surface area (Å²) in [5.41, 5.74) is -4.14. The molecule has 1 rings (SSSR count). The molecular weight excluding hydrogens is 374 g/mol. The van der Waals surface area contributed by atoms with E-state index in [1.807, 2.05) is 0 Å². The highest BCUT2D eigenvalue weighted by Crippen LogP contribution is 2.41. The summed E-state index contributed by atoms with van der Waals surface area (Å²) >= 11 is 0. The summed E-state index contributed by atoms with van der Waals surface area (Å²) in [5.74, 6) is -2.09. The first-order valence-electron chi connectivity index (χ1n) is 4.60. The van der Waals surface area contributed by atoms with Gasteiger partial charge in [-0.3, -0.25) is 10.1 Å². The standard InChI is InChI=1S/C7HClF6N2O5S/c8-22(19,20)5-2(16(17)18)1-3(21-7(12,13)14)4(15-5)6(9,10)11/h1H. The van der Waals surface area contributed by atoms with E-state index < -0.39 is 48.7 Å². The normalized spacial score (nSPS) is 13.0. The summed E-state index contributed by atoms with van der Waals surface area (Å²) in [5, 5.41) is 8.71. The van der Waals surface area contributed by atoms with Gasteiger partial charge in [0.25, 0.3) is 9.05 Å². The summed E-state index contributed by atoms with van der Waals surface area (Å²) in [6.45, 7) is 0. The van der Waals surface area contributed by atoms with Gasteiger partial charge in [0, 0.05) is 10.7 Å². The molecular formula is C7HClF6N2O5S. The molecule has 0 aliphatic carbocycles. The number of nitro groups is 1. The molecule has 0 unspecified atom stereocenters. The zero-order valence-corrected chi connectivity index (χ0v) is 11.1. The van der Waals surface area contributed by atoms with E-state index in [2.05, 4.69) is 9.72 Å². The van der Waals surface area contributed by atoms with Gasteiger partial charge in [0.2, 0.25) is 5.03 Å². The summed E-state index contributed by atoms with van der Waals surface area (Å²) in [4.78, 5) is 11.3. The van der Waals surface area contributed by atoms with Crippen molar-refractivity contribution in [2.24, 2.45) is 0 Å². The van der Waals surface area contributed by atoms with Gasteiger partial charge in [-0.1, -0.05) is 0 Å². The highest BCUT2D eigenvalue weighted by atomic mass is 35.7. The third-order valence-corrected chi connectivity index (χ3v) is 3.06. The monoisotopic (exact) mass is 374 g/mol. The number of nitrogens with zero attached hydrogens (tertiary/aromatic N) is 2. The minimum Gasteiger partial charge on any atom is -0.403 e. The molecule has 1 aromatic heterocycles. The first-order chi connectivity index (χ1) is 9.63. The van der Waals surface area contributed by atoms with Gasteiger partial charge >= 0.3 is 18.2 Å². The van der Waals surface area contributed by atoms with Gasteiger partial charge in [0.05, 0.1) is 11.0 Å². The Hall–Kier alpha value is -1.83. The van der Waals surface area contributed by atoms with Gasteiger partial charge in [0.1, 0.15) is 0 Å². The predicted octanol–water partition coefficient (Wildman–Crippen LogP) is 2.83. The third-order valence-electron chi connectivity index (χ3n) is 1.86. The molecule has 0 saturated carbocycles. The van der Waals surface area contributed by atoms with Crippen molar-refractivity contribution < 1.29 is 44.4 Å². The number of halogens is 7. The Morgan fingerprint density at radius 1 is 1.23 bits per heavy atom. The molecule has 1 heterocycles. The number of aromatic nitrogens is 1. The fraction of sp³-hybridized carbons (Fsp3) is 0.286. The number of pyridine rings is 1. The Morgan fingerprint density at radius 3 is 2.05 bits per heavy atom. The minimum atomic E-state index is -5.63. The fourth-order valence-corrected chi connectivity index (χ4v) is 2.11. The lowest BCUT2D eigenvalue weighted by Crippen LogP contribution is -2.22. The van der Waals surface area contributed by atoms with Crippen LogP contribution in [0.5, 0.6) is 5.75 Å². The van der Waals surface area contributed by atoms with E-state index in [-0.39, 0.29) is 6.07 Å². The van der Waals surface area contributed by atoms with E-state index in [1.165, 1.54) is 0 Å². The Kier molecular flexibility index (Phi) is 4.49. The molecule has 0 amide bonds. The topological polar surface area (TPSA) is 99.4 Å². The van der Waals surface area contributed by atoms with Gasteiger partial charge in [-0.15, -0.1) is 13.2 Å². The molecule has 0 saturated heterocycles. The molecule has 0 radical (unpaired) electrons. The summed E-state index contributed by atoms with van der Waals surface area (Å²) in [6.07, 6.45) is -11.2. The molecule has 0 aromatic carbocycles. The molecule has 124 valence electrons. The van der Waals surface area contributed by atoms with Crippen molar-refractivity contribution in [1.29, 1.82) is 0 Å². The first-order valence-corrected chi connectivity index (χ1v) is 6.91. The smallest absolute Gasteiger partial charge is 0.403 e. The Morgan fingerprint density at radius 2 is 1.73 bits per heavy atom. The quantitative estimate of drug-likeness (QED) is 0.349. The van der Waals surface area contributed by atoms with Gasteiger partial charge in [-0.2, -0.15) is 13.2 Å². The van der Waals surface area contributed by atoms with Crippen LogP contribution in [-0.4, -0.2) is 24.7 Å². The molecule has 0 bridgehead atoms. The summed E-state index contributed by atoms with van der Waals surface area (Å²) in [7, 11) is -0.449. The van der Waals surface area contributed by atoms with E-state index in [9.17, 15) is 44.9 Å². The van der Waals surface area contributed by atoms with Gasteiger partial charge in [0.15, 0.2) is 11.4 Å². The zero-order valence-electron chi connectivity index (χ0n) is 9.57. The first kappa shape index (κ1) is 18.2. The van der Waals surface area contributed by atoms with Crippen molar-refractivity contribution >= 4 is 25.4 Å². The van der Waals surface area contributed by atoms with Gasteiger partial charge in [-0.25, -0.2) is 13.4 Å². The van der Waals surface area contributed by atoms with E-state index >= 15 is 0 Å². The van der Waals surface area contributed by atoms with Crippen LogP contribution in [0, 0.1) is 10.1 Å². The number of hydrogen-bond acceptors (Lipinski definition) is 6. The lowest BCUT2D eigenvalue weighted by Gasteiger charge is -2.14. The molecule has 0 atom stereocenters. The van der Waals surface area contributed by atoms with Crippen LogP contribution >= 0.6 is 10.7 Å². The van der Waals surface area contributed by atoms with Crippen LogP contribution in [0.25, 0.3) is 0 Å². The van der Waals surface area contributed by atoms with Crippen LogP contribution in [-0.2, 0) is 15.2 Å². The predicted molar refractivity (Wildman–Crippen MR) is 55.6 cm³/mol. The van der Waals surface area contributed by atoms with E-state index in [0.717, 1.165) is 0 Å². The Balaban J connectivity index is 3.78. The van der Waals surface area contributed by atoms with Crippen LogP contribution in [0.1, 0.15) is 5.69 Å². The average Bonchev–Trinajstić information content (AvgIpc) is 2.22. The maximum Gasteiger partial charge on any atom is 0.573 e. The fourth-order valence-electron chi connectivity index (χ4n) is 1.18.